The molecule has 0 amide bonds. The maximum Gasteiger partial charge on any atom is 0.273 e. The Labute approximate surface area is 128 Å². The summed E-state index contributed by atoms with van der Waals surface area (Å²) in [5.41, 5.74) is 5.93. The standard InChI is InChI=1S/C14H17FN2O2S2/c1-2-17(12-5-3-11(15)4-6-12)21(18,19)14-8-7-13(20-14)9-10-16/h3-8H,2,9-10,16H2,1H3. The molecule has 0 saturated heterocycles. The van der Waals surface area contributed by atoms with Gasteiger partial charge >= 0.3 is 0 Å². The molecule has 0 aliphatic carbocycles. The van der Waals surface area contributed by atoms with Crippen LogP contribution in [0.1, 0.15) is 11.8 Å². The first-order chi connectivity index (χ1) is 9.98. The number of benzene rings is 1. The molecule has 2 N–H and O–H groups in total. The number of thiophene rings is 1. The summed E-state index contributed by atoms with van der Waals surface area (Å²) < 4.78 is 39.9. The van der Waals surface area contributed by atoms with Gasteiger partial charge < -0.3 is 5.73 Å². The summed E-state index contributed by atoms with van der Waals surface area (Å²) in [4.78, 5) is 0.936. The summed E-state index contributed by atoms with van der Waals surface area (Å²) in [6.07, 6.45) is 0.656. The van der Waals surface area contributed by atoms with Crippen LogP contribution < -0.4 is 10.0 Å². The fraction of sp³-hybridized carbons (Fsp3) is 0.286. The van der Waals surface area contributed by atoms with E-state index in [-0.39, 0.29) is 10.8 Å². The molecule has 0 radical (unpaired) electrons. The van der Waals surface area contributed by atoms with Gasteiger partial charge in [0, 0.05) is 11.4 Å². The first-order valence-corrected chi connectivity index (χ1v) is 8.81. The molecule has 0 aliphatic heterocycles. The van der Waals surface area contributed by atoms with Gasteiger partial charge in [0.15, 0.2) is 0 Å². The summed E-state index contributed by atoms with van der Waals surface area (Å²) in [7, 11) is -3.63. The molecule has 114 valence electrons. The van der Waals surface area contributed by atoms with Crippen molar-refractivity contribution in [3.8, 4) is 0 Å². The van der Waals surface area contributed by atoms with Crippen molar-refractivity contribution >= 4 is 27.0 Å². The number of halogens is 1. The van der Waals surface area contributed by atoms with Crippen LogP contribution in [0.25, 0.3) is 0 Å². The van der Waals surface area contributed by atoms with Crippen LogP contribution in [0.15, 0.2) is 40.6 Å². The van der Waals surface area contributed by atoms with Crippen molar-refractivity contribution in [2.75, 3.05) is 17.4 Å². The molecule has 2 rings (SSSR count). The quantitative estimate of drug-likeness (QED) is 0.886. The third kappa shape index (κ3) is 3.42. The van der Waals surface area contributed by atoms with E-state index in [1.165, 1.54) is 39.9 Å². The van der Waals surface area contributed by atoms with Crippen molar-refractivity contribution in [1.29, 1.82) is 0 Å². The van der Waals surface area contributed by atoms with Crippen molar-refractivity contribution in [3.05, 3.63) is 47.1 Å². The van der Waals surface area contributed by atoms with E-state index in [0.717, 1.165) is 4.88 Å². The molecule has 21 heavy (non-hydrogen) atoms. The average Bonchev–Trinajstić information content (AvgIpc) is 2.91. The number of anilines is 1. The van der Waals surface area contributed by atoms with Crippen LogP contribution in [0.2, 0.25) is 0 Å². The zero-order chi connectivity index (χ0) is 15.5. The third-order valence-corrected chi connectivity index (χ3v) is 6.49. The average molecular weight is 328 g/mol. The lowest BCUT2D eigenvalue weighted by atomic mass is 10.3. The molecule has 1 aromatic heterocycles. The molecule has 1 heterocycles. The molecule has 0 atom stereocenters. The van der Waals surface area contributed by atoms with E-state index in [1.54, 1.807) is 19.1 Å². The molecular weight excluding hydrogens is 311 g/mol. The van der Waals surface area contributed by atoms with Crippen molar-refractivity contribution in [2.45, 2.75) is 17.6 Å². The van der Waals surface area contributed by atoms with Crippen LogP contribution in [0.5, 0.6) is 0 Å². The molecule has 1 aromatic carbocycles. The largest absolute Gasteiger partial charge is 0.330 e. The van der Waals surface area contributed by atoms with Gasteiger partial charge in [-0.05, 0) is 56.3 Å². The van der Waals surface area contributed by atoms with Crippen LogP contribution in [0.3, 0.4) is 0 Å². The Kier molecular flexibility index (Phi) is 4.97. The maximum atomic E-state index is 13.0. The lowest BCUT2D eigenvalue weighted by molar-refractivity contribution is 0.593. The topological polar surface area (TPSA) is 63.4 Å². The highest BCUT2D eigenvalue weighted by Gasteiger charge is 2.25. The molecule has 0 saturated carbocycles. The van der Waals surface area contributed by atoms with Gasteiger partial charge in [-0.3, -0.25) is 4.31 Å². The van der Waals surface area contributed by atoms with Crippen molar-refractivity contribution in [2.24, 2.45) is 5.73 Å². The zero-order valence-electron chi connectivity index (χ0n) is 11.6. The van der Waals surface area contributed by atoms with E-state index in [0.29, 0.717) is 18.7 Å². The summed E-state index contributed by atoms with van der Waals surface area (Å²) >= 11 is 1.22. The molecule has 7 heteroatoms. The molecule has 0 bridgehead atoms. The van der Waals surface area contributed by atoms with Gasteiger partial charge in [-0.25, -0.2) is 12.8 Å². The number of hydrogen-bond donors (Lipinski definition) is 1. The van der Waals surface area contributed by atoms with Crippen LogP contribution in [0, 0.1) is 5.82 Å². The zero-order valence-corrected chi connectivity index (χ0v) is 13.3. The Balaban J connectivity index is 2.36. The van der Waals surface area contributed by atoms with Crippen LogP contribution in [-0.4, -0.2) is 21.5 Å². The van der Waals surface area contributed by atoms with Crippen molar-refractivity contribution < 1.29 is 12.8 Å². The minimum Gasteiger partial charge on any atom is -0.330 e. The maximum absolute atomic E-state index is 13.0. The van der Waals surface area contributed by atoms with E-state index in [1.807, 2.05) is 0 Å². The fourth-order valence-electron chi connectivity index (χ4n) is 1.98. The molecule has 2 aromatic rings. The number of hydrogen-bond acceptors (Lipinski definition) is 4. The predicted molar refractivity (Wildman–Crippen MR) is 83.7 cm³/mol. The minimum atomic E-state index is -3.63. The van der Waals surface area contributed by atoms with E-state index < -0.39 is 15.8 Å². The van der Waals surface area contributed by atoms with Gasteiger partial charge in [0.1, 0.15) is 10.0 Å². The number of sulfonamides is 1. The Morgan fingerprint density at radius 3 is 2.43 bits per heavy atom. The van der Waals surface area contributed by atoms with Gasteiger partial charge in [-0.15, -0.1) is 11.3 Å². The van der Waals surface area contributed by atoms with Gasteiger partial charge in [0.25, 0.3) is 10.0 Å². The van der Waals surface area contributed by atoms with Crippen LogP contribution >= 0.6 is 11.3 Å². The lowest BCUT2D eigenvalue weighted by Gasteiger charge is -2.21. The van der Waals surface area contributed by atoms with Crippen LogP contribution in [-0.2, 0) is 16.4 Å². The second kappa shape index (κ2) is 6.55. The molecule has 0 spiro atoms. The Hall–Kier alpha value is -1.44. The summed E-state index contributed by atoms with van der Waals surface area (Å²) in [6, 6.07) is 8.80. The second-order valence-corrected chi connectivity index (χ2v) is 7.66. The third-order valence-electron chi connectivity index (χ3n) is 2.97. The van der Waals surface area contributed by atoms with Crippen LogP contribution in [0.4, 0.5) is 10.1 Å². The highest BCUT2D eigenvalue weighted by Crippen LogP contribution is 2.28. The second-order valence-electron chi connectivity index (χ2n) is 4.41. The monoisotopic (exact) mass is 328 g/mol. The number of nitrogens with two attached hydrogens (primary N) is 1. The van der Waals surface area contributed by atoms with E-state index >= 15 is 0 Å². The first-order valence-electron chi connectivity index (χ1n) is 6.56. The minimum absolute atomic E-state index is 0.275. The van der Waals surface area contributed by atoms with Gasteiger partial charge in [0.2, 0.25) is 0 Å². The van der Waals surface area contributed by atoms with E-state index in [9.17, 15) is 12.8 Å². The molecule has 0 fully saturated rings. The summed E-state index contributed by atoms with van der Waals surface area (Å²) in [5, 5.41) is 0. The summed E-state index contributed by atoms with van der Waals surface area (Å²) in [5.74, 6) is -0.395. The molecular formula is C14H17FN2O2S2. The Morgan fingerprint density at radius 1 is 1.19 bits per heavy atom. The molecule has 0 aliphatic rings. The number of nitrogens with zero attached hydrogens (tertiary/aromatic N) is 1. The first kappa shape index (κ1) is 15.9. The van der Waals surface area contributed by atoms with Gasteiger partial charge in [0.05, 0.1) is 5.69 Å². The van der Waals surface area contributed by atoms with E-state index in [4.69, 9.17) is 5.73 Å². The van der Waals surface area contributed by atoms with Gasteiger partial charge in [-0.2, -0.15) is 0 Å². The lowest BCUT2D eigenvalue weighted by Crippen LogP contribution is -2.30. The van der Waals surface area contributed by atoms with Gasteiger partial charge in [-0.1, -0.05) is 0 Å². The highest BCUT2D eigenvalue weighted by atomic mass is 32.2. The van der Waals surface area contributed by atoms with E-state index in [2.05, 4.69) is 0 Å². The fourth-order valence-corrected chi connectivity index (χ4v) is 4.94. The van der Waals surface area contributed by atoms with Crippen molar-refractivity contribution in [1.82, 2.24) is 0 Å². The number of rotatable bonds is 6. The van der Waals surface area contributed by atoms with Crippen molar-refractivity contribution in [3.63, 3.8) is 0 Å². The molecule has 4 nitrogen and oxygen atoms in total. The smallest absolute Gasteiger partial charge is 0.273 e. The summed E-state index contributed by atoms with van der Waals surface area (Å²) in [6.45, 7) is 2.50. The Bertz CT molecular complexity index is 696. The Morgan fingerprint density at radius 2 is 1.86 bits per heavy atom. The SMILES string of the molecule is CCN(c1ccc(F)cc1)S(=O)(=O)c1ccc(CCN)s1. The normalized spacial score (nSPS) is 11.6. The highest BCUT2D eigenvalue weighted by molar-refractivity contribution is 7.94. The molecule has 0 unspecified atom stereocenters. The predicted octanol–water partition coefficient (Wildman–Crippen LogP) is 2.60.